The van der Waals surface area contributed by atoms with Crippen LogP contribution in [0.25, 0.3) is 10.8 Å². The van der Waals surface area contributed by atoms with Gasteiger partial charge in [0.1, 0.15) is 11.5 Å². The Kier molecular flexibility index (Phi) is 14.2. The van der Waals surface area contributed by atoms with Gasteiger partial charge in [-0.3, -0.25) is 0 Å². The lowest BCUT2D eigenvalue weighted by Gasteiger charge is -2.10. The van der Waals surface area contributed by atoms with E-state index in [2.05, 4.69) is 16.8 Å². The minimum atomic E-state index is -0.454. The molecule has 0 bridgehead atoms. The number of rotatable bonds is 19. The second kappa shape index (κ2) is 19.2. The first-order valence-electron chi connectivity index (χ1n) is 15.9. The Labute approximate surface area is 280 Å². The largest absolute Gasteiger partial charge is 0.494 e. The maximum Gasteiger partial charge on any atom is 0.343 e. The first-order valence-corrected chi connectivity index (χ1v) is 15.9. The first kappa shape index (κ1) is 35.4. The monoisotopic (exact) mass is 652 g/mol. The second-order valence-corrected chi connectivity index (χ2v) is 10.4. The molecular weight excluding hydrogens is 612 g/mol. The average Bonchev–Trinajstić information content (AvgIpc) is 3.11. The molecule has 0 aliphatic rings. The van der Waals surface area contributed by atoms with E-state index in [-0.39, 0.29) is 0 Å². The number of hydrogen-bond acceptors (Lipinski definition) is 10. The molecular formula is C38H40N2O8. The van der Waals surface area contributed by atoms with Crippen LogP contribution in [0.4, 0.5) is 0 Å². The molecule has 0 aliphatic heterocycles. The summed E-state index contributed by atoms with van der Waals surface area (Å²) in [4.78, 5) is 34.1. The van der Waals surface area contributed by atoms with Crippen molar-refractivity contribution in [2.45, 2.75) is 39.5 Å². The zero-order valence-corrected chi connectivity index (χ0v) is 27.3. The predicted octanol–water partition coefficient (Wildman–Crippen LogP) is 7.91. The quantitative estimate of drug-likeness (QED) is 0.0191. The molecule has 0 atom stereocenters. The van der Waals surface area contributed by atoms with E-state index in [4.69, 9.17) is 28.7 Å². The van der Waals surface area contributed by atoms with Gasteiger partial charge in [-0.15, -0.1) is 0 Å². The Morgan fingerprint density at radius 3 is 2.08 bits per heavy atom. The van der Waals surface area contributed by atoms with Crippen molar-refractivity contribution in [3.8, 4) is 23.0 Å². The lowest BCUT2D eigenvalue weighted by Crippen LogP contribution is -2.08. The van der Waals surface area contributed by atoms with E-state index >= 15 is 0 Å². The molecule has 0 saturated heterocycles. The van der Waals surface area contributed by atoms with Gasteiger partial charge in [0.25, 0.3) is 0 Å². The summed E-state index contributed by atoms with van der Waals surface area (Å²) in [5, 5.41) is 10.2. The van der Waals surface area contributed by atoms with Crippen LogP contribution in [-0.4, -0.2) is 50.8 Å². The van der Waals surface area contributed by atoms with E-state index in [1.807, 2.05) is 56.3 Å². The van der Waals surface area contributed by atoms with Crippen molar-refractivity contribution in [3.63, 3.8) is 0 Å². The predicted molar refractivity (Wildman–Crippen MR) is 186 cm³/mol. The number of ether oxygens (including phenoxy) is 4. The fourth-order valence-corrected chi connectivity index (χ4v) is 4.48. The lowest BCUT2D eigenvalue weighted by atomic mass is 10.1. The molecule has 0 fully saturated rings. The molecule has 0 saturated carbocycles. The third-order valence-corrected chi connectivity index (χ3v) is 6.87. The number of unbranched alkanes of at least 4 members (excludes halogenated alkanes) is 3. The minimum Gasteiger partial charge on any atom is -0.494 e. The highest BCUT2D eigenvalue weighted by atomic mass is 17.2. The summed E-state index contributed by atoms with van der Waals surface area (Å²) in [6.07, 6.45) is 8.05. The Morgan fingerprint density at radius 2 is 1.35 bits per heavy atom. The molecule has 0 amide bonds. The standard InChI is InChI=1S/C38H40N2O8/c1-4-37(41)45-22-10-8-7-9-21-44-33-17-14-30(15-18-33)38(42)47-34-19-16-31-23-28(11-13-32(31)25-34)26-39-40-27-29-12-20-35(48-46-6-3)36(24-29)43-5-2/h4,11-20,23-27H,1,5-10,21-22H2,2-3H3/b39-26+,40-27+. The Morgan fingerprint density at radius 1 is 0.688 bits per heavy atom. The van der Waals surface area contributed by atoms with Gasteiger partial charge < -0.3 is 23.8 Å². The van der Waals surface area contributed by atoms with Gasteiger partial charge in [-0.25, -0.2) is 9.59 Å². The van der Waals surface area contributed by atoms with Crippen molar-refractivity contribution in [2.75, 3.05) is 26.4 Å². The van der Waals surface area contributed by atoms with Gasteiger partial charge >= 0.3 is 11.9 Å². The molecule has 0 spiro atoms. The molecule has 0 unspecified atom stereocenters. The van der Waals surface area contributed by atoms with Gasteiger partial charge in [-0.1, -0.05) is 24.8 Å². The van der Waals surface area contributed by atoms with E-state index < -0.39 is 11.9 Å². The van der Waals surface area contributed by atoms with Crippen LogP contribution in [0.2, 0.25) is 0 Å². The minimum absolute atomic E-state index is 0.395. The highest BCUT2D eigenvalue weighted by molar-refractivity contribution is 5.94. The van der Waals surface area contributed by atoms with E-state index in [9.17, 15) is 9.59 Å². The highest BCUT2D eigenvalue weighted by Crippen LogP contribution is 2.28. The SMILES string of the molecule is C=CC(=O)OCCCCCCOc1ccc(C(=O)Oc2ccc3cc(/C=N/N=C/c4ccc(OOCC)c(OCC)c4)ccc3c2)cc1. The van der Waals surface area contributed by atoms with E-state index in [0.717, 1.165) is 53.7 Å². The highest BCUT2D eigenvalue weighted by Gasteiger charge is 2.10. The molecule has 0 radical (unpaired) electrons. The van der Waals surface area contributed by atoms with Crippen molar-refractivity contribution in [1.29, 1.82) is 0 Å². The van der Waals surface area contributed by atoms with Crippen molar-refractivity contribution < 1.29 is 38.3 Å². The number of carbonyl (C=O) groups excluding carboxylic acids is 2. The molecule has 4 rings (SSSR count). The smallest absolute Gasteiger partial charge is 0.343 e. The molecule has 10 heteroatoms. The van der Waals surface area contributed by atoms with Gasteiger partial charge in [-0.05, 0) is 122 Å². The van der Waals surface area contributed by atoms with Crippen LogP contribution in [0.3, 0.4) is 0 Å². The van der Waals surface area contributed by atoms with Crippen LogP contribution in [-0.2, 0) is 14.4 Å². The van der Waals surface area contributed by atoms with Gasteiger partial charge in [0.2, 0.25) is 5.75 Å². The average molecular weight is 653 g/mol. The normalized spacial score (nSPS) is 11.1. The molecule has 0 aliphatic carbocycles. The first-order chi connectivity index (χ1) is 23.5. The molecule has 4 aromatic rings. The zero-order chi connectivity index (χ0) is 34.0. The summed E-state index contributed by atoms with van der Waals surface area (Å²) in [5.41, 5.74) is 2.09. The number of fused-ring (bicyclic) bond motifs is 1. The zero-order valence-electron chi connectivity index (χ0n) is 27.3. The van der Waals surface area contributed by atoms with Gasteiger partial charge in [0.15, 0.2) is 5.75 Å². The third-order valence-electron chi connectivity index (χ3n) is 6.87. The van der Waals surface area contributed by atoms with Crippen molar-refractivity contribution >= 4 is 35.1 Å². The summed E-state index contributed by atoms with van der Waals surface area (Å²) in [7, 11) is 0. The maximum atomic E-state index is 12.8. The van der Waals surface area contributed by atoms with E-state index in [0.29, 0.717) is 55.0 Å². The number of benzene rings is 4. The molecule has 0 aromatic heterocycles. The Balaban J connectivity index is 1.24. The summed E-state index contributed by atoms with van der Waals surface area (Å²) >= 11 is 0. The number of carbonyl (C=O) groups is 2. The molecule has 48 heavy (non-hydrogen) atoms. The van der Waals surface area contributed by atoms with Crippen LogP contribution in [0, 0.1) is 0 Å². The lowest BCUT2D eigenvalue weighted by molar-refractivity contribution is -0.203. The number of esters is 2. The topological polar surface area (TPSA) is 114 Å². The molecule has 4 aromatic carbocycles. The van der Waals surface area contributed by atoms with Crippen LogP contribution >= 0.6 is 0 Å². The van der Waals surface area contributed by atoms with Crippen molar-refractivity contribution in [3.05, 3.63) is 108 Å². The maximum absolute atomic E-state index is 12.8. The third kappa shape index (κ3) is 11.4. The summed E-state index contributed by atoms with van der Waals surface area (Å²) in [6.45, 7) is 8.97. The summed E-state index contributed by atoms with van der Waals surface area (Å²) in [6, 6.07) is 23.6. The molecule has 10 nitrogen and oxygen atoms in total. The van der Waals surface area contributed by atoms with E-state index in [1.165, 1.54) is 0 Å². The van der Waals surface area contributed by atoms with Crippen LogP contribution in [0.15, 0.2) is 102 Å². The molecule has 0 N–H and O–H groups in total. The van der Waals surface area contributed by atoms with Crippen LogP contribution < -0.4 is 19.1 Å². The fourth-order valence-electron chi connectivity index (χ4n) is 4.48. The Bertz CT molecular complexity index is 1720. The van der Waals surface area contributed by atoms with E-state index in [1.54, 1.807) is 48.8 Å². The number of nitrogens with zero attached hydrogens (tertiary/aromatic N) is 2. The van der Waals surface area contributed by atoms with Gasteiger partial charge in [0.05, 0.1) is 44.4 Å². The Hall–Kier alpha value is -5.48. The van der Waals surface area contributed by atoms with Crippen LogP contribution in [0.5, 0.6) is 23.0 Å². The van der Waals surface area contributed by atoms with Crippen LogP contribution in [0.1, 0.15) is 61.0 Å². The van der Waals surface area contributed by atoms with Gasteiger partial charge in [-0.2, -0.15) is 15.1 Å². The number of hydrogen-bond donors (Lipinski definition) is 0. The summed E-state index contributed by atoms with van der Waals surface area (Å²) in [5.74, 6) is 1.33. The van der Waals surface area contributed by atoms with Crippen molar-refractivity contribution in [2.24, 2.45) is 10.2 Å². The fraction of sp³-hybridized carbons (Fsp3) is 0.263. The summed E-state index contributed by atoms with van der Waals surface area (Å²) < 4.78 is 22.0. The molecule has 0 heterocycles. The molecule has 250 valence electrons. The second-order valence-electron chi connectivity index (χ2n) is 10.4. The van der Waals surface area contributed by atoms with Crippen molar-refractivity contribution in [1.82, 2.24) is 0 Å². The van der Waals surface area contributed by atoms with Gasteiger partial charge in [0, 0.05) is 6.08 Å².